The molecule has 0 unspecified atom stereocenters. The van der Waals surface area contributed by atoms with E-state index in [1.807, 2.05) is 30.3 Å². The summed E-state index contributed by atoms with van der Waals surface area (Å²) in [5.41, 5.74) is 2.90. The van der Waals surface area contributed by atoms with Crippen LogP contribution in [-0.2, 0) is 6.42 Å². The lowest BCUT2D eigenvalue weighted by molar-refractivity contribution is 0.0954. The van der Waals surface area contributed by atoms with Crippen molar-refractivity contribution in [1.82, 2.24) is 5.32 Å². The zero-order chi connectivity index (χ0) is 16.8. The first kappa shape index (κ1) is 16.8. The van der Waals surface area contributed by atoms with Gasteiger partial charge in [-0.2, -0.15) is 0 Å². The highest BCUT2D eigenvalue weighted by atomic mass is 35.5. The molecule has 2 aromatic carbocycles. The van der Waals surface area contributed by atoms with Gasteiger partial charge in [0, 0.05) is 30.3 Å². The molecule has 1 aliphatic rings. The minimum absolute atomic E-state index is 0.0472. The molecule has 1 heterocycles. The number of nitrogens with one attached hydrogen (secondary N) is 1. The second kappa shape index (κ2) is 8.20. The molecule has 0 spiro atoms. The average Bonchev–Trinajstić information content (AvgIpc) is 2.63. The molecule has 126 valence electrons. The number of carbonyl (C=O) groups excluding carboxylic acids is 1. The van der Waals surface area contributed by atoms with E-state index in [1.165, 1.54) is 24.8 Å². The molecule has 3 rings (SSSR count). The number of benzene rings is 2. The molecular weight excluding hydrogens is 320 g/mol. The minimum atomic E-state index is -0.0472. The standard InChI is InChI=1S/C20H23ClN2O/c21-17-9-10-19(23-13-5-2-6-14-23)18(15-17)20(24)22-12-11-16-7-3-1-4-8-16/h1,3-4,7-10,15H,2,5-6,11-14H2,(H,22,24). The van der Waals surface area contributed by atoms with Crippen molar-refractivity contribution in [1.29, 1.82) is 0 Å². The number of carbonyl (C=O) groups is 1. The predicted octanol–water partition coefficient (Wildman–Crippen LogP) is 4.30. The molecule has 0 bridgehead atoms. The Labute approximate surface area is 148 Å². The third kappa shape index (κ3) is 4.30. The maximum Gasteiger partial charge on any atom is 0.253 e. The second-order valence-corrected chi connectivity index (χ2v) is 6.64. The predicted molar refractivity (Wildman–Crippen MR) is 100.0 cm³/mol. The first-order chi connectivity index (χ1) is 11.7. The van der Waals surface area contributed by atoms with Gasteiger partial charge >= 0.3 is 0 Å². The van der Waals surface area contributed by atoms with Crippen molar-refractivity contribution in [2.24, 2.45) is 0 Å². The van der Waals surface area contributed by atoms with E-state index in [1.54, 1.807) is 6.07 Å². The number of nitrogens with zero attached hydrogens (tertiary/aromatic N) is 1. The summed E-state index contributed by atoms with van der Waals surface area (Å²) in [6.45, 7) is 2.63. The topological polar surface area (TPSA) is 32.3 Å². The normalized spacial score (nSPS) is 14.5. The van der Waals surface area contributed by atoms with Gasteiger partial charge in [0.1, 0.15) is 0 Å². The van der Waals surface area contributed by atoms with Gasteiger partial charge in [0.15, 0.2) is 0 Å². The Morgan fingerprint density at radius 3 is 2.54 bits per heavy atom. The number of anilines is 1. The van der Waals surface area contributed by atoms with Crippen LogP contribution >= 0.6 is 11.6 Å². The molecule has 1 amide bonds. The Hall–Kier alpha value is -2.00. The van der Waals surface area contributed by atoms with Crippen LogP contribution in [0.2, 0.25) is 5.02 Å². The Morgan fingerprint density at radius 2 is 1.79 bits per heavy atom. The summed E-state index contributed by atoms with van der Waals surface area (Å²) in [6, 6.07) is 15.8. The van der Waals surface area contributed by atoms with Gasteiger partial charge < -0.3 is 10.2 Å². The molecular formula is C20H23ClN2O. The summed E-state index contributed by atoms with van der Waals surface area (Å²) in [7, 11) is 0. The summed E-state index contributed by atoms with van der Waals surface area (Å²) in [5, 5.41) is 3.63. The van der Waals surface area contributed by atoms with Gasteiger partial charge in [-0.15, -0.1) is 0 Å². The summed E-state index contributed by atoms with van der Waals surface area (Å²) in [4.78, 5) is 15.0. The highest BCUT2D eigenvalue weighted by molar-refractivity contribution is 6.31. The number of halogens is 1. The number of piperidine rings is 1. The van der Waals surface area contributed by atoms with Crippen LogP contribution < -0.4 is 10.2 Å². The third-order valence-corrected chi connectivity index (χ3v) is 4.68. The number of rotatable bonds is 5. The molecule has 2 aromatic rings. The van der Waals surface area contributed by atoms with Crippen LogP contribution in [-0.4, -0.2) is 25.5 Å². The zero-order valence-electron chi connectivity index (χ0n) is 13.8. The van der Waals surface area contributed by atoms with Gasteiger partial charge in [-0.25, -0.2) is 0 Å². The Balaban J connectivity index is 1.68. The van der Waals surface area contributed by atoms with E-state index in [0.29, 0.717) is 17.1 Å². The largest absolute Gasteiger partial charge is 0.371 e. The highest BCUT2D eigenvalue weighted by Crippen LogP contribution is 2.27. The lowest BCUT2D eigenvalue weighted by Crippen LogP contribution is -2.33. The lowest BCUT2D eigenvalue weighted by atomic mass is 10.1. The fraction of sp³-hybridized carbons (Fsp3) is 0.350. The Bertz CT molecular complexity index is 681. The molecule has 4 heteroatoms. The summed E-state index contributed by atoms with van der Waals surface area (Å²) >= 11 is 6.13. The van der Waals surface area contributed by atoms with Gasteiger partial charge in [-0.05, 0) is 49.4 Å². The summed E-state index contributed by atoms with van der Waals surface area (Å²) in [6.07, 6.45) is 4.45. The van der Waals surface area contributed by atoms with E-state index in [0.717, 1.165) is 25.2 Å². The number of amides is 1. The smallest absolute Gasteiger partial charge is 0.253 e. The van der Waals surface area contributed by atoms with Crippen molar-refractivity contribution in [3.63, 3.8) is 0 Å². The van der Waals surface area contributed by atoms with Crippen molar-refractivity contribution in [3.05, 3.63) is 64.7 Å². The molecule has 1 aliphatic heterocycles. The van der Waals surface area contributed by atoms with Crippen LogP contribution in [0.5, 0.6) is 0 Å². The maximum absolute atomic E-state index is 12.7. The van der Waals surface area contributed by atoms with Crippen molar-refractivity contribution < 1.29 is 4.79 Å². The second-order valence-electron chi connectivity index (χ2n) is 6.20. The first-order valence-electron chi connectivity index (χ1n) is 8.60. The van der Waals surface area contributed by atoms with Gasteiger partial charge in [0.05, 0.1) is 5.56 Å². The first-order valence-corrected chi connectivity index (χ1v) is 8.98. The summed E-state index contributed by atoms with van der Waals surface area (Å²) in [5.74, 6) is -0.0472. The molecule has 0 saturated carbocycles. The zero-order valence-corrected chi connectivity index (χ0v) is 14.6. The number of hydrogen-bond acceptors (Lipinski definition) is 2. The molecule has 3 nitrogen and oxygen atoms in total. The van der Waals surface area contributed by atoms with E-state index < -0.39 is 0 Å². The van der Waals surface area contributed by atoms with Gasteiger partial charge in [-0.3, -0.25) is 4.79 Å². The molecule has 0 atom stereocenters. The van der Waals surface area contributed by atoms with Crippen LogP contribution in [0.25, 0.3) is 0 Å². The van der Waals surface area contributed by atoms with Gasteiger partial charge in [-0.1, -0.05) is 41.9 Å². The molecule has 1 N–H and O–H groups in total. The van der Waals surface area contributed by atoms with E-state index in [-0.39, 0.29) is 5.91 Å². The van der Waals surface area contributed by atoms with Crippen LogP contribution in [0, 0.1) is 0 Å². The molecule has 0 aromatic heterocycles. The van der Waals surface area contributed by atoms with E-state index in [2.05, 4.69) is 22.3 Å². The van der Waals surface area contributed by atoms with Crippen LogP contribution in [0.4, 0.5) is 5.69 Å². The van der Waals surface area contributed by atoms with Crippen molar-refractivity contribution >= 4 is 23.2 Å². The maximum atomic E-state index is 12.7. The highest BCUT2D eigenvalue weighted by Gasteiger charge is 2.18. The fourth-order valence-electron chi connectivity index (χ4n) is 3.16. The average molecular weight is 343 g/mol. The van der Waals surface area contributed by atoms with Crippen LogP contribution in [0.1, 0.15) is 35.2 Å². The fourth-order valence-corrected chi connectivity index (χ4v) is 3.33. The molecule has 1 fully saturated rings. The minimum Gasteiger partial charge on any atom is -0.371 e. The van der Waals surface area contributed by atoms with E-state index in [4.69, 9.17) is 11.6 Å². The van der Waals surface area contributed by atoms with Gasteiger partial charge in [0.2, 0.25) is 0 Å². The van der Waals surface area contributed by atoms with Gasteiger partial charge in [0.25, 0.3) is 5.91 Å². The molecule has 0 radical (unpaired) electrons. The van der Waals surface area contributed by atoms with E-state index in [9.17, 15) is 4.79 Å². The molecule has 24 heavy (non-hydrogen) atoms. The van der Waals surface area contributed by atoms with Crippen LogP contribution in [0.15, 0.2) is 48.5 Å². The summed E-state index contributed by atoms with van der Waals surface area (Å²) < 4.78 is 0. The SMILES string of the molecule is O=C(NCCc1ccccc1)c1cc(Cl)ccc1N1CCCCC1. The van der Waals surface area contributed by atoms with Crippen molar-refractivity contribution in [2.75, 3.05) is 24.5 Å². The van der Waals surface area contributed by atoms with E-state index >= 15 is 0 Å². The Morgan fingerprint density at radius 1 is 1.04 bits per heavy atom. The quantitative estimate of drug-likeness (QED) is 0.878. The van der Waals surface area contributed by atoms with Crippen molar-refractivity contribution in [3.8, 4) is 0 Å². The molecule has 1 saturated heterocycles. The number of hydrogen-bond donors (Lipinski definition) is 1. The third-order valence-electron chi connectivity index (χ3n) is 4.44. The lowest BCUT2D eigenvalue weighted by Gasteiger charge is -2.30. The van der Waals surface area contributed by atoms with Crippen LogP contribution in [0.3, 0.4) is 0 Å². The Kier molecular flexibility index (Phi) is 5.76. The monoisotopic (exact) mass is 342 g/mol. The molecule has 0 aliphatic carbocycles. The van der Waals surface area contributed by atoms with Crippen molar-refractivity contribution in [2.45, 2.75) is 25.7 Å².